The molecule has 0 radical (unpaired) electrons. The van der Waals surface area contributed by atoms with Crippen molar-refractivity contribution in [2.45, 2.75) is 75.9 Å². The molecule has 224 valence electrons. The molecule has 1 saturated carbocycles. The third-order valence-electron chi connectivity index (χ3n) is 7.78. The summed E-state index contributed by atoms with van der Waals surface area (Å²) in [6.07, 6.45) is 5.56. The number of rotatable bonds is 12. The summed E-state index contributed by atoms with van der Waals surface area (Å²) in [5.74, 6) is -0.133. The molecule has 2 amide bonds. The van der Waals surface area contributed by atoms with E-state index < -0.39 is 28.5 Å². The standard InChI is InChI=1S/C33H41N3O5S/c1-4-31(33(38)34-27-11-7-5-8-12-27)35(23-26-17-15-25(2)16-18-26)32(37)24-36(28-13-9-6-10-14-28)42(39,40)30-21-19-29(41-3)20-22-30/h6,9-10,13-22,27,31H,4-5,7-8,11-12,23-24H2,1-3H3,(H,34,38). The molecular weight excluding hydrogens is 550 g/mol. The average molecular weight is 592 g/mol. The molecule has 3 aromatic carbocycles. The molecule has 0 aromatic heterocycles. The molecule has 0 aliphatic heterocycles. The molecular formula is C33H41N3O5S. The van der Waals surface area contributed by atoms with Gasteiger partial charge in [0.1, 0.15) is 18.3 Å². The maximum Gasteiger partial charge on any atom is 0.264 e. The molecule has 1 aliphatic carbocycles. The predicted octanol–water partition coefficient (Wildman–Crippen LogP) is 5.46. The van der Waals surface area contributed by atoms with E-state index in [2.05, 4.69) is 5.32 Å². The van der Waals surface area contributed by atoms with Crippen molar-refractivity contribution < 1.29 is 22.7 Å². The first-order chi connectivity index (χ1) is 20.2. The van der Waals surface area contributed by atoms with E-state index in [1.807, 2.05) is 38.1 Å². The van der Waals surface area contributed by atoms with Gasteiger partial charge in [-0.1, -0.05) is 74.2 Å². The number of carbonyl (C=O) groups excluding carboxylic acids is 2. The van der Waals surface area contributed by atoms with Gasteiger partial charge in [-0.05, 0) is 68.1 Å². The van der Waals surface area contributed by atoms with Gasteiger partial charge in [0.2, 0.25) is 11.8 Å². The Hall–Kier alpha value is -3.85. The Labute approximate surface area is 249 Å². The fraction of sp³-hybridized carbons (Fsp3) is 0.394. The van der Waals surface area contributed by atoms with Gasteiger partial charge in [0.05, 0.1) is 17.7 Å². The van der Waals surface area contributed by atoms with E-state index in [0.29, 0.717) is 17.9 Å². The molecule has 42 heavy (non-hydrogen) atoms. The normalized spacial score (nSPS) is 14.5. The number of amides is 2. The molecule has 1 atom stereocenters. The average Bonchev–Trinajstić information content (AvgIpc) is 3.01. The Kier molecular flexibility index (Phi) is 10.6. The van der Waals surface area contributed by atoms with Crippen LogP contribution in [0.1, 0.15) is 56.6 Å². The smallest absolute Gasteiger partial charge is 0.264 e. The summed E-state index contributed by atoms with van der Waals surface area (Å²) < 4.78 is 34.2. The third kappa shape index (κ3) is 7.70. The van der Waals surface area contributed by atoms with Crippen molar-refractivity contribution >= 4 is 27.5 Å². The monoisotopic (exact) mass is 591 g/mol. The number of aryl methyl sites for hydroxylation is 1. The van der Waals surface area contributed by atoms with Gasteiger partial charge in [-0.2, -0.15) is 0 Å². The highest BCUT2D eigenvalue weighted by Crippen LogP contribution is 2.26. The van der Waals surface area contributed by atoms with Gasteiger partial charge in [-0.15, -0.1) is 0 Å². The zero-order chi connectivity index (χ0) is 30.1. The number of nitrogens with one attached hydrogen (secondary N) is 1. The van der Waals surface area contributed by atoms with Crippen molar-refractivity contribution in [3.8, 4) is 5.75 Å². The first kappa shape index (κ1) is 31.1. The van der Waals surface area contributed by atoms with Crippen LogP contribution in [-0.2, 0) is 26.2 Å². The number of methoxy groups -OCH3 is 1. The van der Waals surface area contributed by atoms with Crippen molar-refractivity contribution in [1.82, 2.24) is 10.2 Å². The van der Waals surface area contributed by atoms with Crippen molar-refractivity contribution in [3.05, 3.63) is 90.0 Å². The zero-order valence-corrected chi connectivity index (χ0v) is 25.5. The Bertz CT molecular complexity index is 1420. The van der Waals surface area contributed by atoms with Gasteiger partial charge in [-0.3, -0.25) is 13.9 Å². The first-order valence-electron chi connectivity index (χ1n) is 14.6. The largest absolute Gasteiger partial charge is 0.497 e. The predicted molar refractivity (Wildman–Crippen MR) is 165 cm³/mol. The highest BCUT2D eigenvalue weighted by atomic mass is 32.2. The quantitative estimate of drug-likeness (QED) is 0.302. The van der Waals surface area contributed by atoms with Gasteiger partial charge in [0, 0.05) is 12.6 Å². The number of hydrogen-bond donors (Lipinski definition) is 1. The van der Waals surface area contributed by atoms with Gasteiger partial charge < -0.3 is 15.0 Å². The molecule has 9 heteroatoms. The second-order valence-electron chi connectivity index (χ2n) is 10.8. The number of benzene rings is 3. The molecule has 0 bridgehead atoms. The molecule has 1 N–H and O–H groups in total. The lowest BCUT2D eigenvalue weighted by Crippen LogP contribution is -2.54. The Morgan fingerprint density at radius 1 is 0.929 bits per heavy atom. The summed E-state index contributed by atoms with van der Waals surface area (Å²) in [7, 11) is -2.62. The minimum Gasteiger partial charge on any atom is -0.497 e. The molecule has 4 rings (SSSR count). The molecule has 1 fully saturated rings. The lowest BCUT2D eigenvalue weighted by Gasteiger charge is -2.34. The molecule has 0 heterocycles. The van der Waals surface area contributed by atoms with Crippen LogP contribution in [0.3, 0.4) is 0 Å². The van der Waals surface area contributed by atoms with Crippen LogP contribution in [-0.4, -0.2) is 50.9 Å². The number of anilines is 1. The number of ether oxygens (including phenoxy) is 1. The Morgan fingerprint density at radius 3 is 2.17 bits per heavy atom. The number of para-hydroxylation sites is 1. The van der Waals surface area contributed by atoms with Crippen LogP contribution in [0.15, 0.2) is 83.8 Å². The number of nitrogens with zero attached hydrogens (tertiary/aromatic N) is 2. The van der Waals surface area contributed by atoms with Gasteiger partial charge in [-0.25, -0.2) is 8.42 Å². The molecule has 3 aromatic rings. The molecule has 1 aliphatic rings. The highest BCUT2D eigenvalue weighted by Gasteiger charge is 2.34. The maximum atomic E-state index is 14.2. The summed E-state index contributed by atoms with van der Waals surface area (Å²) in [6.45, 7) is 3.59. The third-order valence-corrected chi connectivity index (χ3v) is 9.57. The van der Waals surface area contributed by atoms with Crippen LogP contribution in [0.5, 0.6) is 5.75 Å². The van der Waals surface area contributed by atoms with Crippen LogP contribution in [0.4, 0.5) is 5.69 Å². The Balaban J connectivity index is 1.68. The van der Waals surface area contributed by atoms with Crippen LogP contribution in [0.2, 0.25) is 0 Å². The van der Waals surface area contributed by atoms with Crippen molar-refractivity contribution in [3.63, 3.8) is 0 Å². The van der Waals surface area contributed by atoms with E-state index in [-0.39, 0.29) is 23.4 Å². The van der Waals surface area contributed by atoms with E-state index in [4.69, 9.17) is 4.74 Å². The topological polar surface area (TPSA) is 96.0 Å². The number of hydrogen-bond acceptors (Lipinski definition) is 5. The van der Waals surface area contributed by atoms with E-state index >= 15 is 0 Å². The number of sulfonamides is 1. The molecule has 0 saturated heterocycles. The fourth-order valence-electron chi connectivity index (χ4n) is 5.35. The SMILES string of the molecule is CCC(C(=O)NC1CCCCC1)N(Cc1ccc(C)cc1)C(=O)CN(c1ccccc1)S(=O)(=O)c1ccc(OC)cc1. The van der Waals surface area contributed by atoms with Crippen molar-refractivity contribution in [2.75, 3.05) is 18.0 Å². The van der Waals surface area contributed by atoms with Gasteiger partial charge in [0.25, 0.3) is 10.0 Å². The minimum absolute atomic E-state index is 0.0344. The maximum absolute atomic E-state index is 14.2. The van der Waals surface area contributed by atoms with Crippen LogP contribution in [0.25, 0.3) is 0 Å². The summed E-state index contributed by atoms with van der Waals surface area (Å²) in [6, 6.07) is 21.8. The first-order valence-corrected chi connectivity index (χ1v) is 16.0. The summed E-state index contributed by atoms with van der Waals surface area (Å²) >= 11 is 0. The fourth-order valence-corrected chi connectivity index (χ4v) is 6.77. The van der Waals surface area contributed by atoms with Gasteiger partial charge in [0.15, 0.2) is 0 Å². The van der Waals surface area contributed by atoms with E-state index in [1.54, 1.807) is 42.5 Å². The number of carbonyl (C=O) groups is 2. The minimum atomic E-state index is -4.13. The summed E-state index contributed by atoms with van der Waals surface area (Å²) in [4.78, 5) is 29.4. The lowest BCUT2D eigenvalue weighted by atomic mass is 9.95. The lowest BCUT2D eigenvalue weighted by molar-refractivity contribution is -0.140. The molecule has 0 spiro atoms. The van der Waals surface area contributed by atoms with E-state index in [1.165, 1.54) is 30.6 Å². The van der Waals surface area contributed by atoms with Crippen molar-refractivity contribution in [2.24, 2.45) is 0 Å². The van der Waals surface area contributed by atoms with E-state index in [0.717, 1.165) is 41.1 Å². The summed E-state index contributed by atoms with van der Waals surface area (Å²) in [5.41, 5.74) is 2.30. The van der Waals surface area contributed by atoms with Gasteiger partial charge >= 0.3 is 0 Å². The van der Waals surface area contributed by atoms with Crippen molar-refractivity contribution in [1.29, 1.82) is 0 Å². The van der Waals surface area contributed by atoms with Crippen LogP contribution < -0.4 is 14.4 Å². The highest BCUT2D eigenvalue weighted by molar-refractivity contribution is 7.92. The summed E-state index contributed by atoms with van der Waals surface area (Å²) in [5, 5.41) is 3.18. The zero-order valence-electron chi connectivity index (χ0n) is 24.7. The second-order valence-corrected chi connectivity index (χ2v) is 12.7. The second kappa shape index (κ2) is 14.4. The van der Waals surface area contributed by atoms with Crippen LogP contribution in [0, 0.1) is 6.92 Å². The molecule has 8 nitrogen and oxygen atoms in total. The van der Waals surface area contributed by atoms with E-state index in [9.17, 15) is 18.0 Å². The van der Waals surface area contributed by atoms with Crippen LogP contribution >= 0.6 is 0 Å². The molecule has 1 unspecified atom stereocenters. The Morgan fingerprint density at radius 2 is 1.57 bits per heavy atom.